The van der Waals surface area contributed by atoms with Gasteiger partial charge in [-0.3, -0.25) is 0 Å². The van der Waals surface area contributed by atoms with Crippen molar-refractivity contribution in [1.82, 2.24) is 10.3 Å². The lowest BCUT2D eigenvalue weighted by Gasteiger charge is -2.39. The summed E-state index contributed by atoms with van der Waals surface area (Å²) in [5.74, 6) is 0.0262. The van der Waals surface area contributed by atoms with E-state index in [2.05, 4.69) is 10.6 Å². The fraction of sp³-hybridized carbons (Fsp3) is 0.900. The number of carbonyl (C=O) groups is 1. The Hall–Kier alpha value is -1.04. The quantitative estimate of drug-likeness (QED) is 0.261. The number of nitrogens with zero attached hydrogens (tertiary/aromatic N) is 2. The maximum atomic E-state index is 11.6. The molecule has 1 aliphatic heterocycles. The molecule has 0 aromatic heterocycles. The molecule has 0 aromatic rings. The van der Waals surface area contributed by atoms with Gasteiger partial charge in [0.2, 0.25) is 0 Å². The number of carbonyl (C=O) groups excluding carboxylic acids is 1. The predicted molar refractivity (Wildman–Crippen MR) is 70.3 cm³/mol. The van der Waals surface area contributed by atoms with Crippen LogP contribution in [0.1, 0.15) is 0 Å². The highest BCUT2D eigenvalue weighted by atomic mass is 35.5. The number of halogens is 1. The van der Waals surface area contributed by atoms with Crippen LogP contribution in [0.2, 0.25) is 0 Å². The molecular weight excluding hydrogens is 310 g/mol. The monoisotopic (exact) mass is 327 g/mol. The Morgan fingerprint density at radius 3 is 2.57 bits per heavy atom. The highest BCUT2D eigenvalue weighted by Gasteiger charge is 2.43. The lowest BCUT2D eigenvalue weighted by atomic mass is 9.99. The van der Waals surface area contributed by atoms with E-state index in [1.807, 2.05) is 0 Å². The smallest absolute Gasteiger partial charge is 0.340 e. The lowest BCUT2D eigenvalue weighted by Crippen LogP contribution is -2.60. The van der Waals surface area contributed by atoms with Gasteiger partial charge in [-0.2, -0.15) is 5.01 Å². The zero-order valence-corrected chi connectivity index (χ0v) is 12.0. The number of amides is 2. The first-order valence-electron chi connectivity index (χ1n) is 6.13. The Labute approximate surface area is 125 Å². The van der Waals surface area contributed by atoms with Gasteiger partial charge in [-0.05, 0) is 0 Å². The SMILES string of the molecule is CO[C@@H]1O[C@@H](CNC(=O)N(CCCl)N=O)[C@@H](O)[C@@H](O)[C@H]1O. The first-order valence-corrected chi connectivity index (χ1v) is 6.66. The van der Waals surface area contributed by atoms with Crippen molar-refractivity contribution in [3.05, 3.63) is 4.91 Å². The summed E-state index contributed by atoms with van der Waals surface area (Å²) in [4.78, 5) is 22.0. The minimum atomic E-state index is -1.49. The summed E-state index contributed by atoms with van der Waals surface area (Å²) in [5, 5.41) is 34.4. The lowest BCUT2D eigenvalue weighted by molar-refractivity contribution is -0.288. The number of aliphatic hydroxyl groups is 3. The summed E-state index contributed by atoms with van der Waals surface area (Å²) < 4.78 is 10.0. The molecular formula is C10H18ClN3O7. The standard InChI is InChI=1S/C10H18ClN3O7/c1-20-9-8(17)7(16)6(15)5(21-9)4-12-10(18)14(13-19)3-2-11/h5-9,15-17H,2-4H2,1H3,(H,12,18)/t5-,6+,7+,8+,9+/m0/s1. The molecule has 21 heavy (non-hydrogen) atoms. The highest BCUT2D eigenvalue weighted by Crippen LogP contribution is 2.21. The Balaban J connectivity index is 2.57. The zero-order chi connectivity index (χ0) is 16.0. The van der Waals surface area contributed by atoms with Crippen molar-refractivity contribution in [3.63, 3.8) is 0 Å². The molecule has 4 N–H and O–H groups in total. The summed E-state index contributed by atoms with van der Waals surface area (Å²) in [6.07, 6.45) is -6.51. The molecule has 1 fully saturated rings. The molecule has 1 heterocycles. The third-order valence-electron chi connectivity index (χ3n) is 2.98. The molecule has 11 heteroatoms. The zero-order valence-electron chi connectivity index (χ0n) is 11.3. The number of aliphatic hydroxyl groups excluding tert-OH is 3. The van der Waals surface area contributed by atoms with Gasteiger partial charge in [0.1, 0.15) is 24.4 Å². The van der Waals surface area contributed by atoms with Crippen LogP contribution in [-0.2, 0) is 9.47 Å². The summed E-state index contributed by atoms with van der Waals surface area (Å²) in [6, 6.07) is -0.823. The van der Waals surface area contributed by atoms with Crippen LogP contribution < -0.4 is 5.32 Å². The van der Waals surface area contributed by atoms with Crippen molar-refractivity contribution < 1.29 is 29.6 Å². The molecule has 0 unspecified atom stereocenters. The van der Waals surface area contributed by atoms with Crippen molar-refractivity contribution in [2.24, 2.45) is 5.29 Å². The van der Waals surface area contributed by atoms with Crippen molar-refractivity contribution in [2.45, 2.75) is 30.7 Å². The van der Waals surface area contributed by atoms with Crippen LogP contribution in [0.15, 0.2) is 5.29 Å². The molecule has 0 radical (unpaired) electrons. The Morgan fingerprint density at radius 2 is 2.05 bits per heavy atom. The fourth-order valence-corrected chi connectivity index (χ4v) is 1.98. The second-order valence-corrected chi connectivity index (χ2v) is 4.71. The average Bonchev–Trinajstić information content (AvgIpc) is 2.49. The van der Waals surface area contributed by atoms with Crippen LogP contribution in [0, 0.1) is 4.91 Å². The fourth-order valence-electron chi connectivity index (χ4n) is 1.82. The number of nitroso groups, excluding NO2 is 1. The van der Waals surface area contributed by atoms with E-state index < -0.39 is 36.7 Å². The number of nitrogens with one attached hydrogen (secondary N) is 1. The van der Waals surface area contributed by atoms with Crippen molar-refractivity contribution in [1.29, 1.82) is 0 Å². The van der Waals surface area contributed by atoms with E-state index >= 15 is 0 Å². The van der Waals surface area contributed by atoms with E-state index in [4.69, 9.17) is 21.1 Å². The van der Waals surface area contributed by atoms with Gasteiger partial charge < -0.3 is 30.1 Å². The number of alkyl halides is 1. The number of hydrogen-bond acceptors (Lipinski definition) is 8. The van der Waals surface area contributed by atoms with Crippen molar-refractivity contribution in [3.8, 4) is 0 Å². The van der Waals surface area contributed by atoms with E-state index in [0.29, 0.717) is 5.01 Å². The molecule has 0 bridgehead atoms. The molecule has 5 atom stereocenters. The van der Waals surface area contributed by atoms with Gasteiger partial charge in [0.25, 0.3) is 0 Å². The van der Waals surface area contributed by atoms with Crippen LogP contribution in [0.5, 0.6) is 0 Å². The van der Waals surface area contributed by atoms with E-state index in [0.717, 1.165) is 0 Å². The molecule has 1 rings (SSSR count). The van der Waals surface area contributed by atoms with Crippen LogP contribution in [-0.4, -0.2) is 83.1 Å². The molecule has 0 saturated carbocycles. The number of hydrogen-bond donors (Lipinski definition) is 4. The molecule has 1 saturated heterocycles. The summed E-state index contributed by atoms with van der Waals surface area (Å²) in [6.45, 7) is -0.301. The maximum Gasteiger partial charge on any atom is 0.340 e. The number of methoxy groups -OCH3 is 1. The van der Waals surface area contributed by atoms with Gasteiger partial charge in [0.05, 0.1) is 11.8 Å². The van der Waals surface area contributed by atoms with Crippen LogP contribution >= 0.6 is 11.6 Å². The van der Waals surface area contributed by atoms with Crippen molar-refractivity contribution >= 4 is 17.6 Å². The molecule has 122 valence electrons. The Kier molecular flexibility index (Phi) is 7.22. The highest BCUT2D eigenvalue weighted by molar-refractivity contribution is 6.18. The average molecular weight is 328 g/mol. The first-order chi connectivity index (χ1) is 9.96. The Morgan fingerprint density at radius 1 is 1.38 bits per heavy atom. The van der Waals surface area contributed by atoms with Gasteiger partial charge in [-0.15, -0.1) is 16.5 Å². The number of urea groups is 1. The van der Waals surface area contributed by atoms with E-state index in [1.165, 1.54) is 7.11 Å². The Bertz CT molecular complexity index is 360. The van der Waals surface area contributed by atoms with Crippen LogP contribution in [0.25, 0.3) is 0 Å². The summed E-state index contributed by atoms with van der Waals surface area (Å²) in [5.41, 5.74) is 0. The van der Waals surface area contributed by atoms with Crippen molar-refractivity contribution in [2.75, 3.05) is 26.1 Å². The third-order valence-corrected chi connectivity index (χ3v) is 3.15. The molecule has 2 amide bonds. The number of ether oxygens (including phenoxy) is 2. The van der Waals surface area contributed by atoms with Gasteiger partial charge >= 0.3 is 6.03 Å². The number of rotatable bonds is 6. The van der Waals surface area contributed by atoms with Gasteiger partial charge in [0.15, 0.2) is 6.29 Å². The second-order valence-electron chi connectivity index (χ2n) is 4.33. The maximum absolute atomic E-state index is 11.6. The molecule has 0 aromatic carbocycles. The first kappa shape index (κ1) is 18.0. The third kappa shape index (κ3) is 4.46. The summed E-state index contributed by atoms with van der Waals surface area (Å²) >= 11 is 5.40. The largest absolute Gasteiger partial charge is 0.388 e. The summed E-state index contributed by atoms with van der Waals surface area (Å²) in [7, 11) is 1.26. The molecule has 1 aliphatic rings. The normalized spacial score (nSPS) is 32.5. The van der Waals surface area contributed by atoms with Gasteiger partial charge in [-0.1, -0.05) is 0 Å². The van der Waals surface area contributed by atoms with E-state index in [-0.39, 0.29) is 19.0 Å². The minimum Gasteiger partial charge on any atom is -0.388 e. The molecule has 0 aliphatic carbocycles. The predicted octanol–water partition coefficient (Wildman–Crippen LogP) is -1.63. The topological polar surface area (TPSA) is 141 Å². The molecule has 0 spiro atoms. The van der Waals surface area contributed by atoms with Crippen LogP contribution in [0.3, 0.4) is 0 Å². The van der Waals surface area contributed by atoms with Crippen LogP contribution in [0.4, 0.5) is 4.79 Å². The van der Waals surface area contributed by atoms with Gasteiger partial charge in [0, 0.05) is 19.5 Å². The second kappa shape index (κ2) is 8.41. The molecule has 10 nitrogen and oxygen atoms in total. The van der Waals surface area contributed by atoms with E-state index in [9.17, 15) is 25.0 Å². The van der Waals surface area contributed by atoms with Gasteiger partial charge in [-0.25, -0.2) is 4.79 Å². The minimum absolute atomic E-state index is 0.0262. The van der Waals surface area contributed by atoms with E-state index in [1.54, 1.807) is 0 Å².